The Morgan fingerprint density at radius 3 is 1.54 bits per heavy atom. The second-order valence-electron chi connectivity index (χ2n) is 16.2. The third kappa shape index (κ3) is 5.82. The molecule has 12 aromatic rings. The number of para-hydroxylation sites is 3. The van der Waals surface area contributed by atoms with E-state index in [2.05, 4.69) is 44.2 Å². The van der Waals surface area contributed by atoms with Crippen LogP contribution in [-0.2, 0) is 5.41 Å². The van der Waals surface area contributed by atoms with E-state index in [1.165, 1.54) is 16.7 Å². The standard InChI is InChI=1S/C60H41N5/c1-60(2)51-26-10-6-22-45(51)46-32-30-42(36-52(46)60)40-19-14-18-39(34-40)41-20-15-21-44(35-41)57-61-58(64-53-27-11-7-23-47(53)48-24-8-12-28-54(48)64)63-59(62-57)65-55-29-13-9-25-49(55)50-33-31-43(37-56(50)65)38-16-4-3-5-17-38/h3-37H,1-2H3/i3D,4D,5D,7D,8D,9D,11D,12D,13D,16D,17D,23D,24D,25D,27D,28D,29D,31D,33D,37D. The van der Waals surface area contributed by atoms with Crippen LogP contribution >= 0.6 is 0 Å². The lowest BCUT2D eigenvalue weighted by atomic mass is 9.81. The van der Waals surface area contributed by atoms with Crippen LogP contribution in [0.4, 0.5) is 0 Å². The highest BCUT2D eigenvalue weighted by Gasteiger charge is 2.35. The molecule has 3 aromatic heterocycles. The van der Waals surface area contributed by atoms with E-state index in [0.29, 0.717) is 5.56 Å². The molecule has 0 amide bonds. The first-order valence-corrected chi connectivity index (χ1v) is 20.6. The Morgan fingerprint density at radius 1 is 0.385 bits per heavy atom. The van der Waals surface area contributed by atoms with Crippen LogP contribution < -0.4 is 0 Å². The summed E-state index contributed by atoms with van der Waals surface area (Å²) in [6.07, 6.45) is 0. The van der Waals surface area contributed by atoms with Crippen LogP contribution in [0.25, 0.3) is 111 Å². The molecular weight excluding hydrogens is 791 g/mol. The van der Waals surface area contributed by atoms with Crippen molar-refractivity contribution in [3.05, 3.63) is 223 Å². The summed E-state index contributed by atoms with van der Waals surface area (Å²) >= 11 is 0. The van der Waals surface area contributed by atoms with Gasteiger partial charge in [0.1, 0.15) is 0 Å². The zero-order chi connectivity index (χ0) is 60.6. The first kappa shape index (κ1) is 22.3. The fraction of sp³-hybridized carbons (Fsp3) is 0.0500. The minimum Gasteiger partial charge on any atom is -0.278 e. The highest BCUT2D eigenvalue weighted by atomic mass is 15.3. The molecule has 0 bridgehead atoms. The number of fused-ring (bicyclic) bond motifs is 9. The van der Waals surface area contributed by atoms with E-state index in [1.807, 2.05) is 42.5 Å². The van der Waals surface area contributed by atoms with E-state index in [1.54, 1.807) is 18.2 Å². The summed E-state index contributed by atoms with van der Waals surface area (Å²) in [5, 5.41) is -1.43. The molecule has 5 heteroatoms. The van der Waals surface area contributed by atoms with Crippen LogP contribution in [0.5, 0.6) is 0 Å². The molecule has 0 saturated heterocycles. The van der Waals surface area contributed by atoms with Crippen molar-refractivity contribution in [2.75, 3.05) is 0 Å². The summed E-state index contributed by atoms with van der Waals surface area (Å²) in [6, 6.07) is 14.5. The largest absolute Gasteiger partial charge is 0.278 e. The number of nitrogens with zero attached hydrogens (tertiary/aromatic N) is 5. The topological polar surface area (TPSA) is 48.5 Å². The van der Waals surface area contributed by atoms with Crippen LogP contribution in [0.3, 0.4) is 0 Å². The lowest BCUT2D eigenvalue weighted by molar-refractivity contribution is 0.660. The van der Waals surface area contributed by atoms with Crippen LogP contribution in [0.15, 0.2) is 212 Å². The molecular formula is C60H41N5. The Bertz CT molecular complexity index is 4960. The van der Waals surface area contributed by atoms with Crippen molar-refractivity contribution in [3.8, 4) is 67.8 Å². The monoisotopic (exact) mass is 851 g/mol. The predicted octanol–water partition coefficient (Wildman–Crippen LogP) is 15.0. The van der Waals surface area contributed by atoms with Crippen LogP contribution in [0.2, 0.25) is 0 Å². The maximum absolute atomic E-state index is 9.96. The molecule has 306 valence electrons. The van der Waals surface area contributed by atoms with Crippen LogP contribution in [0.1, 0.15) is 52.4 Å². The van der Waals surface area contributed by atoms with Crippen LogP contribution in [-0.4, -0.2) is 24.1 Å². The Labute approximate surface area is 404 Å². The minimum atomic E-state index is -0.823. The normalized spacial score (nSPS) is 17.2. The average molecular weight is 852 g/mol. The molecule has 1 aliphatic carbocycles. The third-order valence-electron chi connectivity index (χ3n) is 12.2. The van der Waals surface area contributed by atoms with Gasteiger partial charge in [-0.25, -0.2) is 0 Å². The molecule has 3 heterocycles. The molecule has 0 atom stereocenters. The SMILES string of the molecule is [2H]c1c([2H])c([2H])c(-c2c([2H])c([2H])c3c4c([2H])c([2H])c([2H])c([2H])c4n(-c4nc(-c5cccc(-c6cccc(-c7ccc8c(c7)C(C)(C)c7ccccc7-8)c6)c5)nc(-n5c6c([2H])c([2H])c([2H])c([2H])c6c6c([2H])c([2H])c([2H])c([2H])c65)n4)c3c2[2H])c([2H])c1[2H]. The lowest BCUT2D eigenvalue weighted by Crippen LogP contribution is -2.14. The molecule has 0 radical (unpaired) electrons. The summed E-state index contributed by atoms with van der Waals surface area (Å²) in [4.78, 5) is 14.7. The van der Waals surface area contributed by atoms with Crippen molar-refractivity contribution in [1.29, 1.82) is 0 Å². The Morgan fingerprint density at radius 2 is 0.892 bits per heavy atom. The van der Waals surface area contributed by atoms with Gasteiger partial charge in [0, 0.05) is 32.5 Å². The molecule has 0 N–H and O–H groups in total. The molecule has 9 aromatic carbocycles. The molecule has 65 heavy (non-hydrogen) atoms. The van der Waals surface area contributed by atoms with Gasteiger partial charge in [0.15, 0.2) is 5.82 Å². The van der Waals surface area contributed by atoms with Gasteiger partial charge in [-0.1, -0.05) is 183 Å². The lowest BCUT2D eigenvalue weighted by Gasteiger charge is -2.22. The smallest absolute Gasteiger partial charge is 0.240 e. The van der Waals surface area contributed by atoms with Crippen molar-refractivity contribution in [2.24, 2.45) is 0 Å². The molecule has 0 saturated carbocycles. The van der Waals surface area contributed by atoms with E-state index in [-0.39, 0.29) is 44.0 Å². The molecule has 1 aliphatic rings. The van der Waals surface area contributed by atoms with E-state index >= 15 is 0 Å². The van der Waals surface area contributed by atoms with Crippen molar-refractivity contribution in [1.82, 2.24) is 24.1 Å². The average Bonchev–Trinajstić information content (AvgIpc) is 1.60. The van der Waals surface area contributed by atoms with E-state index in [0.717, 1.165) is 31.4 Å². The van der Waals surface area contributed by atoms with Crippen molar-refractivity contribution >= 4 is 43.6 Å². The van der Waals surface area contributed by atoms with Crippen LogP contribution in [0, 0.1) is 0 Å². The van der Waals surface area contributed by atoms with Gasteiger partial charge in [0.05, 0.1) is 49.5 Å². The molecule has 13 rings (SSSR count). The van der Waals surface area contributed by atoms with Gasteiger partial charge in [0.25, 0.3) is 0 Å². The fourth-order valence-corrected chi connectivity index (χ4v) is 9.12. The number of rotatable bonds is 6. The molecule has 0 fully saturated rings. The number of hydrogen-bond donors (Lipinski definition) is 0. The molecule has 0 unspecified atom stereocenters. The summed E-state index contributed by atoms with van der Waals surface area (Å²) in [5.41, 5.74) is 5.00. The van der Waals surface area contributed by atoms with Crippen molar-refractivity contribution in [3.63, 3.8) is 0 Å². The summed E-state index contributed by atoms with van der Waals surface area (Å²) < 4.78 is 182. The Kier molecular flexibility index (Phi) is 4.91. The second-order valence-corrected chi connectivity index (χ2v) is 16.2. The maximum atomic E-state index is 9.96. The third-order valence-corrected chi connectivity index (χ3v) is 12.2. The first-order chi connectivity index (χ1) is 40.3. The molecule has 0 spiro atoms. The molecule has 0 aliphatic heterocycles. The quantitative estimate of drug-likeness (QED) is 0.167. The number of hydrogen-bond acceptors (Lipinski definition) is 3. The number of benzene rings is 9. The van der Waals surface area contributed by atoms with E-state index < -0.39 is 160 Å². The minimum absolute atomic E-state index is 0.230. The Hall–Kier alpha value is -8.41. The van der Waals surface area contributed by atoms with Gasteiger partial charge in [-0.05, 0) is 98.0 Å². The highest BCUT2D eigenvalue weighted by molar-refractivity contribution is 6.11. The van der Waals surface area contributed by atoms with Gasteiger partial charge in [-0.2, -0.15) is 15.0 Å². The fourth-order valence-electron chi connectivity index (χ4n) is 9.12. The molecule has 5 nitrogen and oxygen atoms in total. The maximum Gasteiger partial charge on any atom is 0.240 e. The highest BCUT2D eigenvalue weighted by Crippen LogP contribution is 2.49. The van der Waals surface area contributed by atoms with E-state index in [9.17, 15) is 9.60 Å². The summed E-state index contributed by atoms with van der Waals surface area (Å²) in [6.45, 7) is 4.40. The van der Waals surface area contributed by atoms with Gasteiger partial charge >= 0.3 is 0 Å². The first-order valence-electron chi connectivity index (χ1n) is 30.6. The zero-order valence-corrected chi connectivity index (χ0v) is 34.4. The Balaban J connectivity index is 1.14. The van der Waals surface area contributed by atoms with Crippen molar-refractivity contribution < 1.29 is 27.4 Å². The van der Waals surface area contributed by atoms with Gasteiger partial charge in [0.2, 0.25) is 11.9 Å². The van der Waals surface area contributed by atoms with Gasteiger partial charge in [-0.3, -0.25) is 9.13 Å². The summed E-state index contributed by atoms with van der Waals surface area (Å²) in [5.74, 6) is -1.37. The van der Waals surface area contributed by atoms with E-state index in [4.69, 9.17) is 32.8 Å². The van der Waals surface area contributed by atoms with Gasteiger partial charge < -0.3 is 0 Å². The predicted molar refractivity (Wildman–Crippen MR) is 268 cm³/mol. The van der Waals surface area contributed by atoms with Gasteiger partial charge in [-0.15, -0.1) is 0 Å². The zero-order valence-electron chi connectivity index (χ0n) is 54.4. The number of aromatic nitrogens is 5. The van der Waals surface area contributed by atoms with Crippen molar-refractivity contribution in [2.45, 2.75) is 19.3 Å². The second kappa shape index (κ2) is 14.3. The summed E-state index contributed by atoms with van der Waals surface area (Å²) in [7, 11) is 0.